The van der Waals surface area contributed by atoms with E-state index in [9.17, 15) is 0 Å². The third kappa shape index (κ3) is 2.74. The molecule has 0 saturated carbocycles. The Labute approximate surface area is 139 Å². The lowest BCUT2D eigenvalue weighted by molar-refractivity contribution is 0.738. The number of nitrogens with zero attached hydrogens (tertiary/aromatic N) is 2. The predicted molar refractivity (Wildman–Crippen MR) is 99.3 cm³/mol. The van der Waals surface area contributed by atoms with E-state index in [0.717, 1.165) is 19.6 Å². The van der Waals surface area contributed by atoms with E-state index in [2.05, 4.69) is 71.5 Å². The summed E-state index contributed by atoms with van der Waals surface area (Å²) in [5.74, 6) is 0. The van der Waals surface area contributed by atoms with Gasteiger partial charge in [0, 0.05) is 43.6 Å². The Morgan fingerprint density at radius 3 is 2.61 bits per heavy atom. The van der Waals surface area contributed by atoms with E-state index in [-0.39, 0.29) is 0 Å². The van der Waals surface area contributed by atoms with Crippen LogP contribution in [-0.4, -0.2) is 26.7 Å². The Kier molecular flexibility index (Phi) is 3.82. The topological polar surface area (TPSA) is 6.48 Å². The lowest BCUT2D eigenvalue weighted by Gasteiger charge is -2.31. The third-order valence-corrected chi connectivity index (χ3v) is 5.09. The highest BCUT2D eigenvalue weighted by atomic mass is 15.1. The number of para-hydroxylation sites is 2. The largest absolute Gasteiger partial charge is 0.370 e. The molecule has 0 bridgehead atoms. The van der Waals surface area contributed by atoms with E-state index in [4.69, 9.17) is 0 Å². The van der Waals surface area contributed by atoms with Crippen LogP contribution in [0.25, 0.3) is 5.57 Å². The van der Waals surface area contributed by atoms with Gasteiger partial charge in [-0.25, -0.2) is 0 Å². The molecule has 2 aliphatic rings. The fraction of sp³-hybridized carbons (Fsp3) is 0.333. The van der Waals surface area contributed by atoms with Crippen LogP contribution in [0.3, 0.4) is 0 Å². The van der Waals surface area contributed by atoms with Crippen molar-refractivity contribution in [1.29, 1.82) is 0 Å². The van der Waals surface area contributed by atoms with Gasteiger partial charge in [-0.1, -0.05) is 42.5 Å². The minimum Gasteiger partial charge on any atom is -0.370 e. The Hall–Kier alpha value is -2.22. The standard InChI is InChI=1S/C21H24N2/c1-22-15-13-18(19-10-3-5-12-21(19)22)16-23-14-7-6-9-17-8-2-4-11-20(17)23/h2-5,8,10-13H,6-7,9,14-16H2,1H3. The summed E-state index contributed by atoms with van der Waals surface area (Å²) in [6.07, 6.45) is 6.19. The summed E-state index contributed by atoms with van der Waals surface area (Å²) in [4.78, 5) is 4.91. The second-order valence-electron chi connectivity index (χ2n) is 6.63. The van der Waals surface area contributed by atoms with Gasteiger partial charge in [-0.3, -0.25) is 0 Å². The normalized spacial score (nSPS) is 17.2. The van der Waals surface area contributed by atoms with Crippen LogP contribution in [-0.2, 0) is 6.42 Å². The van der Waals surface area contributed by atoms with Crippen LogP contribution in [0.2, 0.25) is 0 Å². The first-order valence-corrected chi connectivity index (χ1v) is 8.65. The second-order valence-corrected chi connectivity index (χ2v) is 6.63. The molecule has 0 aromatic heterocycles. The SMILES string of the molecule is CN1CC=C(CN2CCCCc3ccccc32)c2ccccc21. The highest BCUT2D eigenvalue weighted by Gasteiger charge is 2.20. The maximum atomic E-state index is 2.58. The second kappa shape index (κ2) is 6.11. The van der Waals surface area contributed by atoms with Gasteiger partial charge in [-0.05, 0) is 42.5 Å². The number of hydrogen-bond acceptors (Lipinski definition) is 2. The summed E-state index contributed by atoms with van der Waals surface area (Å²) >= 11 is 0. The van der Waals surface area contributed by atoms with E-state index < -0.39 is 0 Å². The van der Waals surface area contributed by atoms with Gasteiger partial charge in [0.1, 0.15) is 0 Å². The molecule has 23 heavy (non-hydrogen) atoms. The van der Waals surface area contributed by atoms with E-state index in [0.29, 0.717) is 0 Å². The highest BCUT2D eigenvalue weighted by molar-refractivity contribution is 5.82. The predicted octanol–water partition coefficient (Wildman–Crippen LogP) is 4.36. The van der Waals surface area contributed by atoms with Gasteiger partial charge in [0.15, 0.2) is 0 Å². The molecule has 0 amide bonds. The molecule has 0 atom stereocenters. The molecule has 2 aromatic carbocycles. The molecule has 2 heteroatoms. The molecular weight excluding hydrogens is 280 g/mol. The van der Waals surface area contributed by atoms with E-state index >= 15 is 0 Å². The zero-order valence-electron chi connectivity index (χ0n) is 13.8. The molecule has 2 nitrogen and oxygen atoms in total. The fourth-order valence-electron chi connectivity index (χ4n) is 3.82. The summed E-state index contributed by atoms with van der Waals surface area (Å²) in [7, 11) is 2.17. The maximum Gasteiger partial charge on any atom is 0.0443 e. The van der Waals surface area contributed by atoms with Gasteiger partial charge in [0.25, 0.3) is 0 Å². The molecule has 2 heterocycles. The molecule has 0 unspecified atom stereocenters. The molecule has 0 fully saturated rings. The van der Waals surface area contributed by atoms with Crippen molar-refractivity contribution in [1.82, 2.24) is 0 Å². The lowest BCUT2D eigenvalue weighted by Crippen LogP contribution is -2.29. The summed E-state index contributed by atoms with van der Waals surface area (Å²) < 4.78 is 0. The molecule has 118 valence electrons. The Bertz CT molecular complexity index is 732. The number of benzene rings is 2. The summed E-state index contributed by atoms with van der Waals surface area (Å²) in [5, 5.41) is 0. The first-order chi connectivity index (χ1) is 11.3. The van der Waals surface area contributed by atoms with Gasteiger partial charge in [-0.2, -0.15) is 0 Å². The van der Waals surface area contributed by atoms with E-state index in [1.54, 1.807) is 0 Å². The van der Waals surface area contributed by atoms with E-state index in [1.807, 2.05) is 0 Å². The molecule has 0 saturated heterocycles. The van der Waals surface area contributed by atoms with Crippen LogP contribution in [0.1, 0.15) is 24.0 Å². The van der Waals surface area contributed by atoms with Crippen molar-refractivity contribution in [2.45, 2.75) is 19.3 Å². The first kappa shape index (κ1) is 14.4. The molecule has 2 aromatic rings. The number of hydrogen-bond donors (Lipinski definition) is 0. The quantitative estimate of drug-likeness (QED) is 0.813. The van der Waals surface area contributed by atoms with Gasteiger partial charge in [-0.15, -0.1) is 0 Å². The van der Waals surface area contributed by atoms with Gasteiger partial charge < -0.3 is 9.80 Å². The van der Waals surface area contributed by atoms with Gasteiger partial charge in [0.05, 0.1) is 0 Å². The Morgan fingerprint density at radius 2 is 1.70 bits per heavy atom. The minimum absolute atomic E-state index is 1.00. The third-order valence-electron chi connectivity index (χ3n) is 5.09. The molecule has 4 rings (SSSR count). The number of likely N-dealkylation sites (N-methyl/N-ethyl adjacent to an activating group) is 1. The molecule has 0 spiro atoms. The minimum atomic E-state index is 1.00. The average Bonchev–Trinajstić information content (AvgIpc) is 2.80. The smallest absolute Gasteiger partial charge is 0.0443 e. The van der Waals surface area contributed by atoms with Crippen LogP contribution in [0, 0.1) is 0 Å². The van der Waals surface area contributed by atoms with Crippen molar-refractivity contribution < 1.29 is 0 Å². The van der Waals surface area contributed by atoms with Crippen molar-refractivity contribution in [3.05, 3.63) is 65.7 Å². The molecule has 2 aliphatic heterocycles. The molecule has 0 aliphatic carbocycles. The summed E-state index contributed by atoms with van der Waals surface area (Å²) in [5.41, 5.74) is 7.15. The number of rotatable bonds is 2. The molecular formula is C21H24N2. The zero-order chi connectivity index (χ0) is 15.6. The zero-order valence-corrected chi connectivity index (χ0v) is 13.8. The van der Waals surface area contributed by atoms with Crippen molar-refractivity contribution in [2.24, 2.45) is 0 Å². The lowest BCUT2D eigenvalue weighted by atomic mass is 9.98. The maximum absolute atomic E-state index is 2.58. The highest BCUT2D eigenvalue weighted by Crippen LogP contribution is 2.33. The van der Waals surface area contributed by atoms with Crippen LogP contribution >= 0.6 is 0 Å². The molecule has 0 N–H and O–H groups in total. The van der Waals surface area contributed by atoms with Crippen molar-refractivity contribution >= 4 is 16.9 Å². The number of fused-ring (bicyclic) bond motifs is 2. The van der Waals surface area contributed by atoms with Gasteiger partial charge >= 0.3 is 0 Å². The van der Waals surface area contributed by atoms with Crippen LogP contribution in [0.5, 0.6) is 0 Å². The van der Waals surface area contributed by atoms with Crippen LogP contribution < -0.4 is 9.80 Å². The number of anilines is 2. The van der Waals surface area contributed by atoms with Crippen molar-refractivity contribution in [2.75, 3.05) is 36.5 Å². The van der Waals surface area contributed by atoms with Gasteiger partial charge in [0.2, 0.25) is 0 Å². The monoisotopic (exact) mass is 304 g/mol. The van der Waals surface area contributed by atoms with Crippen molar-refractivity contribution in [3.8, 4) is 0 Å². The molecule has 0 radical (unpaired) electrons. The fourth-order valence-corrected chi connectivity index (χ4v) is 3.82. The summed E-state index contributed by atoms with van der Waals surface area (Å²) in [6.45, 7) is 3.18. The summed E-state index contributed by atoms with van der Waals surface area (Å²) in [6, 6.07) is 17.7. The first-order valence-electron chi connectivity index (χ1n) is 8.65. The number of aryl methyl sites for hydroxylation is 1. The van der Waals surface area contributed by atoms with Crippen molar-refractivity contribution in [3.63, 3.8) is 0 Å². The Balaban J connectivity index is 1.66. The average molecular weight is 304 g/mol. The van der Waals surface area contributed by atoms with Crippen LogP contribution in [0.4, 0.5) is 11.4 Å². The van der Waals surface area contributed by atoms with E-state index in [1.165, 1.54) is 47.3 Å². The van der Waals surface area contributed by atoms with Crippen LogP contribution in [0.15, 0.2) is 54.6 Å². The Morgan fingerprint density at radius 1 is 0.913 bits per heavy atom.